The van der Waals surface area contributed by atoms with Gasteiger partial charge in [-0.15, -0.1) is 0 Å². The Morgan fingerprint density at radius 1 is 1.00 bits per heavy atom. The number of alkyl halides is 8. The van der Waals surface area contributed by atoms with Gasteiger partial charge in [-0.05, 0) is 19.3 Å². The van der Waals surface area contributed by atoms with Crippen molar-refractivity contribution in [3.63, 3.8) is 0 Å². The Bertz CT molecular complexity index is 547. The first kappa shape index (κ1) is 29.4. The Hall–Kier alpha value is -1.62. The molecule has 1 aliphatic carbocycles. The molecule has 1 saturated carbocycles. The molecule has 4 nitrogen and oxygen atoms in total. The maximum atomic E-state index is 13.3. The summed E-state index contributed by atoms with van der Waals surface area (Å²) in [5, 5.41) is 17.2. The van der Waals surface area contributed by atoms with E-state index in [2.05, 4.69) is 0 Å². The Kier molecular flexibility index (Phi) is 13.0. The molecule has 0 saturated heterocycles. The minimum atomic E-state index is -4.80. The summed E-state index contributed by atoms with van der Waals surface area (Å²) in [4.78, 5) is 21.1. The van der Waals surface area contributed by atoms with Crippen LogP contribution in [0.1, 0.15) is 58.3 Å². The molecule has 5 unspecified atom stereocenters. The summed E-state index contributed by atoms with van der Waals surface area (Å²) in [6.45, 7) is 1.70. The number of halogens is 8. The standard InChI is InChI=1S/C10H15F5O2.C9H13F3O2/c1-2-3-4-6(5-7(16)17)8(11)10(14,15)9(12)13;10-7(8(11)12)5-3-1-2-4-6(5)9(13)14/h6,8-9H,2-5H2,1H3,(H,16,17);5-8H,1-4H2,(H,13,14). The van der Waals surface area contributed by atoms with Crippen molar-refractivity contribution in [3.05, 3.63) is 0 Å². The lowest BCUT2D eigenvalue weighted by Crippen LogP contribution is -2.42. The fourth-order valence-corrected chi connectivity index (χ4v) is 3.51. The van der Waals surface area contributed by atoms with Crippen molar-refractivity contribution in [1.82, 2.24) is 0 Å². The molecule has 1 rings (SSSR count). The fraction of sp³-hybridized carbons (Fsp3) is 0.895. The molecule has 2 N–H and O–H groups in total. The quantitative estimate of drug-likeness (QED) is 0.363. The van der Waals surface area contributed by atoms with Crippen molar-refractivity contribution >= 4 is 11.9 Å². The van der Waals surface area contributed by atoms with E-state index in [1.54, 1.807) is 6.92 Å². The molecule has 184 valence electrons. The second-order valence-electron chi connectivity index (χ2n) is 7.55. The van der Waals surface area contributed by atoms with Crippen molar-refractivity contribution in [2.45, 2.75) is 89.4 Å². The molecule has 1 aliphatic rings. The molecular formula is C19H28F8O4. The summed E-state index contributed by atoms with van der Waals surface area (Å²) in [6.07, 6.45) is -10.9. The van der Waals surface area contributed by atoms with E-state index in [1.807, 2.05) is 0 Å². The zero-order chi connectivity index (χ0) is 24.4. The maximum Gasteiger partial charge on any atom is 0.338 e. The van der Waals surface area contributed by atoms with Gasteiger partial charge in [-0.1, -0.05) is 32.6 Å². The van der Waals surface area contributed by atoms with Crippen molar-refractivity contribution in [1.29, 1.82) is 0 Å². The largest absolute Gasteiger partial charge is 0.481 e. The first-order chi connectivity index (χ1) is 14.3. The number of hydrogen-bond acceptors (Lipinski definition) is 2. The second kappa shape index (κ2) is 13.7. The molecule has 0 amide bonds. The summed E-state index contributed by atoms with van der Waals surface area (Å²) in [5.74, 6) is -11.0. The van der Waals surface area contributed by atoms with E-state index in [0.717, 1.165) is 0 Å². The average Bonchev–Trinajstić information content (AvgIpc) is 2.69. The van der Waals surface area contributed by atoms with Gasteiger partial charge in [0.2, 0.25) is 0 Å². The number of carbonyl (C=O) groups is 2. The third-order valence-electron chi connectivity index (χ3n) is 5.22. The minimum absolute atomic E-state index is 0.147. The summed E-state index contributed by atoms with van der Waals surface area (Å²) >= 11 is 0. The molecule has 0 aromatic rings. The van der Waals surface area contributed by atoms with E-state index >= 15 is 0 Å². The highest BCUT2D eigenvalue weighted by Crippen LogP contribution is 2.37. The molecule has 31 heavy (non-hydrogen) atoms. The van der Waals surface area contributed by atoms with Crippen LogP contribution in [0.15, 0.2) is 0 Å². The molecule has 0 aliphatic heterocycles. The van der Waals surface area contributed by atoms with Gasteiger partial charge in [-0.2, -0.15) is 8.78 Å². The first-order valence-electron chi connectivity index (χ1n) is 9.94. The number of rotatable bonds is 11. The van der Waals surface area contributed by atoms with Gasteiger partial charge in [-0.3, -0.25) is 9.59 Å². The van der Waals surface area contributed by atoms with Crippen molar-refractivity contribution in [2.75, 3.05) is 0 Å². The number of carboxylic acids is 2. The highest BCUT2D eigenvalue weighted by molar-refractivity contribution is 5.70. The lowest BCUT2D eigenvalue weighted by Gasteiger charge is -2.30. The normalized spacial score (nSPS) is 22.4. The van der Waals surface area contributed by atoms with Crippen LogP contribution in [0.5, 0.6) is 0 Å². The lowest BCUT2D eigenvalue weighted by molar-refractivity contribution is -0.186. The van der Waals surface area contributed by atoms with Crippen LogP contribution in [0.2, 0.25) is 0 Å². The fourth-order valence-electron chi connectivity index (χ4n) is 3.51. The van der Waals surface area contributed by atoms with Gasteiger partial charge in [0.15, 0.2) is 12.3 Å². The van der Waals surface area contributed by atoms with Crippen LogP contribution in [0, 0.1) is 17.8 Å². The van der Waals surface area contributed by atoms with E-state index in [9.17, 15) is 44.7 Å². The third-order valence-corrected chi connectivity index (χ3v) is 5.22. The van der Waals surface area contributed by atoms with E-state index in [1.165, 1.54) is 0 Å². The minimum Gasteiger partial charge on any atom is -0.481 e. The van der Waals surface area contributed by atoms with Crippen LogP contribution in [-0.4, -0.2) is 53.3 Å². The second-order valence-corrected chi connectivity index (χ2v) is 7.55. The summed E-state index contributed by atoms with van der Waals surface area (Å²) in [7, 11) is 0. The monoisotopic (exact) mass is 472 g/mol. The summed E-state index contributed by atoms with van der Waals surface area (Å²) in [5.41, 5.74) is 0. The number of carboxylic acid groups (broad SMARTS) is 2. The summed E-state index contributed by atoms with van der Waals surface area (Å²) < 4.78 is 99.8. The average molecular weight is 472 g/mol. The maximum absolute atomic E-state index is 13.3. The van der Waals surface area contributed by atoms with Crippen LogP contribution in [0.4, 0.5) is 35.1 Å². The lowest BCUT2D eigenvalue weighted by atomic mass is 9.77. The zero-order valence-electron chi connectivity index (χ0n) is 16.9. The van der Waals surface area contributed by atoms with Gasteiger partial charge in [0, 0.05) is 11.8 Å². The Balaban J connectivity index is 0.000000590. The van der Waals surface area contributed by atoms with Crippen molar-refractivity contribution in [3.8, 4) is 0 Å². The molecule has 0 aromatic carbocycles. The number of aliphatic carboxylic acids is 2. The molecule has 5 atom stereocenters. The van der Waals surface area contributed by atoms with E-state index in [0.29, 0.717) is 32.1 Å². The summed E-state index contributed by atoms with van der Waals surface area (Å²) in [6, 6.07) is 0. The molecule has 0 heterocycles. The first-order valence-corrected chi connectivity index (χ1v) is 9.94. The van der Waals surface area contributed by atoms with Gasteiger partial charge in [0.25, 0.3) is 6.43 Å². The van der Waals surface area contributed by atoms with Gasteiger partial charge < -0.3 is 10.2 Å². The Labute approximate surface area is 175 Å². The van der Waals surface area contributed by atoms with Gasteiger partial charge >= 0.3 is 24.3 Å². The highest BCUT2D eigenvalue weighted by atomic mass is 19.3. The molecule has 12 heteroatoms. The third kappa shape index (κ3) is 9.59. The van der Waals surface area contributed by atoms with E-state index < -0.39 is 67.2 Å². The Morgan fingerprint density at radius 2 is 1.55 bits per heavy atom. The predicted octanol–water partition coefficient (Wildman–Crippen LogP) is 5.99. The zero-order valence-corrected chi connectivity index (χ0v) is 16.9. The molecule has 0 aromatic heterocycles. The molecular weight excluding hydrogens is 444 g/mol. The van der Waals surface area contributed by atoms with Gasteiger partial charge in [0.1, 0.15) is 0 Å². The Morgan fingerprint density at radius 3 is 1.97 bits per heavy atom. The SMILES string of the molecule is CCCCC(CC(=O)O)C(F)C(F)(F)C(F)F.O=C(O)C1CCCCC1C(F)C(F)F. The topological polar surface area (TPSA) is 74.6 Å². The molecule has 0 radical (unpaired) electrons. The van der Waals surface area contributed by atoms with Gasteiger partial charge in [-0.25, -0.2) is 26.3 Å². The van der Waals surface area contributed by atoms with Crippen molar-refractivity contribution < 1.29 is 54.9 Å². The van der Waals surface area contributed by atoms with Crippen LogP contribution < -0.4 is 0 Å². The predicted molar refractivity (Wildman–Crippen MR) is 95.1 cm³/mol. The van der Waals surface area contributed by atoms with E-state index in [-0.39, 0.29) is 12.8 Å². The molecule has 1 fully saturated rings. The van der Waals surface area contributed by atoms with Crippen LogP contribution >= 0.6 is 0 Å². The number of hydrogen-bond donors (Lipinski definition) is 2. The van der Waals surface area contributed by atoms with Gasteiger partial charge in [0.05, 0.1) is 12.3 Å². The van der Waals surface area contributed by atoms with Crippen LogP contribution in [0.25, 0.3) is 0 Å². The smallest absolute Gasteiger partial charge is 0.338 e. The number of unbranched alkanes of at least 4 members (excludes halogenated alkanes) is 1. The van der Waals surface area contributed by atoms with Crippen molar-refractivity contribution in [2.24, 2.45) is 17.8 Å². The van der Waals surface area contributed by atoms with Crippen LogP contribution in [0.3, 0.4) is 0 Å². The molecule has 0 bridgehead atoms. The molecule has 0 spiro atoms. The van der Waals surface area contributed by atoms with E-state index in [4.69, 9.17) is 10.2 Å². The highest BCUT2D eigenvalue weighted by Gasteiger charge is 2.52. The van der Waals surface area contributed by atoms with Crippen LogP contribution in [-0.2, 0) is 9.59 Å².